The van der Waals surface area contributed by atoms with Gasteiger partial charge in [-0.05, 0) is 25.3 Å². The van der Waals surface area contributed by atoms with Crippen LogP contribution in [0.4, 0.5) is 0 Å². The molecule has 1 aromatic rings. The number of rotatable bonds is 4. The first kappa shape index (κ1) is 15.4. The molecule has 0 spiro atoms. The Labute approximate surface area is 112 Å². The second kappa shape index (κ2) is 5.97. The zero-order valence-corrected chi connectivity index (χ0v) is 12.0. The van der Waals surface area contributed by atoms with E-state index in [0.29, 0.717) is 11.3 Å². The van der Waals surface area contributed by atoms with Gasteiger partial charge in [-0.25, -0.2) is 4.68 Å². The first-order valence-corrected chi connectivity index (χ1v) is 6.25. The molecule has 0 aliphatic carbocycles. The van der Waals surface area contributed by atoms with E-state index in [-0.39, 0.29) is 24.1 Å². The zero-order chi connectivity index (χ0) is 14.7. The summed E-state index contributed by atoms with van der Waals surface area (Å²) in [4.78, 5) is 24.2. The lowest BCUT2D eigenvalue weighted by Gasteiger charge is -2.20. The number of carbonyl (C=O) groups excluding carboxylic acids is 1. The van der Waals surface area contributed by atoms with Gasteiger partial charge in [0, 0.05) is 7.05 Å². The van der Waals surface area contributed by atoms with E-state index in [4.69, 9.17) is 0 Å². The number of aromatic nitrogens is 2. The van der Waals surface area contributed by atoms with Gasteiger partial charge in [-0.1, -0.05) is 13.8 Å². The quantitative estimate of drug-likeness (QED) is 0.813. The molecular weight excluding hydrogens is 246 g/mol. The summed E-state index contributed by atoms with van der Waals surface area (Å²) in [5.41, 5.74) is 0.869. The maximum absolute atomic E-state index is 12.2. The number of aryl methyl sites for hydroxylation is 2. The molecule has 1 unspecified atom stereocenters. The Balaban J connectivity index is 3.17. The number of nitrogens with one attached hydrogen (secondary N) is 1. The van der Waals surface area contributed by atoms with Gasteiger partial charge in [-0.2, -0.15) is 5.10 Å². The predicted molar refractivity (Wildman–Crippen MR) is 72.1 cm³/mol. The van der Waals surface area contributed by atoms with E-state index in [9.17, 15) is 14.7 Å². The van der Waals surface area contributed by atoms with Crippen molar-refractivity contribution in [1.29, 1.82) is 0 Å². The molecule has 19 heavy (non-hydrogen) atoms. The molecule has 1 heterocycles. The molecule has 106 valence electrons. The normalized spacial score (nSPS) is 12.6. The standard InChI is InChI=1S/C13H21N3O3/c1-7(2)10(6-17)14-12(18)11-8(3)9(4)15-16(5)13(11)19/h7,10,17H,6H2,1-5H3,(H,14,18). The SMILES string of the molecule is Cc1nn(C)c(=O)c(C(=O)NC(CO)C(C)C)c1C. The van der Waals surface area contributed by atoms with Gasteiger partial charge in [-0.3, -0.25) is 9.59 Å². The van der Waals surface area contributed by atoms with Crippen LogP contribution in [0.1, 0.15) is 35.5 Å². The number of nitrogens with zero attached hydrogens (tertiary/aromatic N) is 2. The smallest absolute Gasteiger partial charge is 0.279 e. The Morgan fingerprint density at radius 2 is 2.00 bits per heavy atom. The summed E-state index contributed by atoms with van der Waals surface area (Å²) in [6.07, 6.45) is 0. The van der Waals surface area contributed by atoms with Crippen LogP contribution in [0.25, 0.3) is 0 Å². The van der Waals surface area contributed by atoms with Gasteiger partial charge in [0.2, 0.25) is 0 Å². The van der Waals surface area contributed by atoms with E-state index in [1.807, 2.05) is 13.8 Å². The summed E-state index contributed by atoms with van der Waals surface area (Å²) in [6.45, 7) is 7.07. The maximum atomic E-state index is 12.2. The second-order valence-corrected chi connectivity index (χ2v) is 5.02. The van der Waals surface area contributed by atoms with Crippen LogP contribution in [0.5, 0.6) is 0 Å². The molecule has 0 aliphatic heterocycles. The third-order valence-corrected chi connectivity index (χ3v) is 3.27. The zero-order valence-electron chi connectivity index (χ0n) is 12.0. The highest BCUT2D eigenvalue weighted by Gasteiger charge is 2.21. The molecule has 0 bridgehead atoms. The molecule has 1 rings (SSSR count). The fourth-order valence-corrected chi connectivity index (χ4v) is 1.78. The van der Waals surface area contributed by atoms with Gasteiger partial charge in [0.15, 0.2) is 0 Å². The number of carbonyl (C=O) groups is 1. The van der Waals surface area contributed by atoms with E-state index >= 15 is 0 Å². The van der Waals surface area contributed by atoms with Crippen molar-refractivity contribution in [3.63, 3.8) is 0 Å². The van der Waals surface area contributed by atoms with Gasteiger partial charge in [0.05, 0.1) is 18.3 Å². The summed E-state index contributed by atoms with van der Waals surface area (Å²) in [7, 11) is 1.51. The van der Waals surface area contributed by atoms with Crippen LogP contribution >= 0.6 is 0 Å². The molecule has 0 saturated heterocycles. The van der Waals surface area contributed by atoms with Gasteiger partial charge >= 0.3 is 0 Å². The molecule has 1 amide bonds. The number of aliphatic hydroxyl groups excluding tert-OH is 1. The Hall–Kier alpha value is -1.69. The van der Waals surface area contributed by atoms with Crippen molar-refractivity contribution in [2.45, 2.75) is 33.7 Å². The molecule has 6 heteroatoms. The van der Waals surface area contributed by atoms with Gasteiger partial charge in [0.25, 0.3) is 11.5 Å². The van der Waals surface area contributed by atoms with Crippen molar-refractivity contribution in [3.8, 4) is 0 Å². The fourth-order valence-electron chi connectivity index (χ4n) is 1.78. The highest BCUT2D eigenvalue weighted by atomic mass is 16.3. The largest absolute Gasteiger partial charge is 0.394 e. The fraction of sp³-hybridized carbons (Fsp3) is 0.615. The van der Waals surface area contributed by atoms with Crippen LogP contribution in [-0.2, 0) is 7.05 Å². The number of hydrogen-bond donors (Lipinski definition) is 2. The Kier molecular flexibility index (Phi) is 4.83. The van der Waals surface area contributed by atoms with Crippen LogP contribution in [-0.4, -0.2) is 33.4 Å². The van der Waals surface area contributed by atoms with E-state index in [2.05, 4.69) is 10.4 Å². The average molecular weight is 267 g/mol. The minimum atomic E-state index is -0.462. The molecule has 0 radical (unpaired) electrons. The average Bonchev–Trinajstić information content (AvgIpc) is 2.33. The molecule has 2 N–H and O–H groups in total. The number of amides is 1. The second-order valence-electron chi connectivity index (χ2n) is 5.02. The third kappa shape index (κ3) is 3.20. The van der Waals surface area contributed by atoms with Crippen molar-refractivity contribution in [3.05, 3.63) is 27.2 Å². The van der Waals surface area contributed by atoms with Crippen LogP contribution < -0.4 is 10.9 Å². The van der Waals surface area contributed by atoms with E-state index in [0.717, 1.165) is 4.68 Å². The van der Waals surface area contributed by atoms with Crippen molar-refractivity contribution in [2.24, 2.45) is 13.0 Å². The third-order valence-electron chi connectivity index (χ3n) is 3.27. The van der Waals surface area contributed by atoms with Gasteiger partial charge in [0.1, 0.15) is 5.56 Å². The Morgan fingerprint density at radius 1 is 1.42 bits per heavy atom. The Morgan fingerprint density at radius 3 is 2.47 bits per heavy atom. The minimum absolute atomic E-state index is 0.0843. The lowest BCUT2D eigenvalue weighted by atomic mass is 10.0. The van der Waals surface area contributed by atoms with E-state index < -0.39 is 11.5 Å². The van der Waals surface area contributed by atoms with Crippen LogP contribution in [0.2, 0.25) is 0 Å². The highest BCUT2D eigenvalue weighted by Crippen LogP contribution is 2.07. The van der Waals surface area contributed by atoms with Crippen LogP contribution in [0.15, 0.2) is 4.79 Å². The van der Waals surface area contributed by atoms with Gasteiger partial charge < -0.3 is 10.4 Å². The van der Waals surface area contributed by atoms with Crippen molar-refractivity contribution in [2.75, 3.05) is 6.61 Å². The lowest BCUT2D eigenvalue weighted by Crippen LogP contribution is -2.44. The number of aliphatic hydroxyl groups is 1. The van der Waals surface area contributed by atoms with Crippen molar-refractivity contribution in [1.82, 2.24) is 15.1 Å². The molecule has 1 aromatic heterocycles. The molecule has 1 atom stereocenters. The van der Waals surface area contributed by atoms with E-state index in [1.165, 1.54) is 7.05 Å². The molecule has 0 aromatic carbocycles. The van der Waals surface area contributed by atoms with Crippen molar-refractivity contribution < 1.29 is 9.90 Å². The predicted octanol–water partition coefficient (Wildman–Crippen LogP) is 0.144. The molecule has 6 nitrogen and oxygen atoms in total. The summed E-state index contributed by atoms with van der Waals surface area (Å²) < 4.78 is 1.15. The van der Waals surface area contributed by atoms with Crippen LogP contribution in [0.3, 0.4) is 0 Å². The number of hydrogen-bond acceptors (Lipinski definition) is 4. The topological polar surface area (TPSA) is 84.2 Å². The van der Waals surface area contributed by atoms with E-state index in [1.54, 1.807) is 13.8 Å². The maximum Gasteiger partial charge on any atom is 0.279 e. The minimum Gasteiger partial charge on any atom is -0.394 e. The monoisotopic (exact) mass is 267 g/mol. The summed E-state index contributed by atoms with van der Waals surface area (Å²) in [5, 5.41) is 15.9. The van der Waals surface area contributed by atoms with Crippen LogP contribution in [0, 0.1) is 19.8 Å². The lowest BCUT2D eigenvalue weighted by molar-refractivity contribution is 0.0893. The molecule has 0 saturated carbocycles. The Bertz CT molecular complexity index is 535. The summed E-state index contributed by atoms with van der Waals surface area (Å²) in [6, 6.07) is -0.370. The summed E-state index contributed by atoms with van der Waals surface area (Å²) >= 11 is 0. The first-order chi connectivity index (χ1) is 8.79. The van der Waals surface area contributed by atoms with Gasteiger partial charge in [-0.15, -0.1) is 0 Å². The van der Waals surface area contributed by atoms with Crippen molar-refractivity contribution >= 4 is 5.91 Å². The molecular formula is C13H21N3O3. The first-order valence-electron chi connectivity index (χ1n) is 6.25. The highest BCUT2D eigenvalue weighted by molar-refractivity contribution is 5.95. The molecule has 0 fully saturated rings. The molecule has 0 aliphatic rings. The summed E-state index contributed by atoms with van der Waals surface area (Å²) in [5.74, 6) is -0.377.